The molecule has 0 bridgehead atoms. The summed E-state index contributed by atoms with van der Waals surface area (Å²) >= 11 is 0. The Balaban J connectivity index is 2.86. The van der Waals surface area contributed by atoms with E-state index >= 15 is 0 Å². The van der Waals surface area contributed by atoms with Crippen LogP contribution in [0.2, 0.25) is 0 Å². The molecule has 1 rings (SSSR count). The molecule has 0 aliphatic rings. The fraction of sp³-hybridized carbons (Fsp3) is 0.308. The standard InChI is InChI=1S/C13H18N4O3/c14-4-2-1-3-11(18)17-10-6-8(12(15)19)5-9(7-10)13(16)20/h5-7H,1-4,14H2,(H2,15,19)(H2,16,20)(H,17,18). The van der Waals surface area contributed by atoms with Crippen LogP contribution in [0.5, 0.6) is 0 Å². The number of nitrogens with two attached hydrogens (primary N) is 3. The van der Waals surface area contributed by atoms with Gasteiger partial charge in [-0.2, -0.15) is 0 Å². The van der Waals surface area contributed by atoms with E-state index < -0.39 is 11.8 Å². The van der Waals surface area contributed by atoms with Crippen LogP contribution in [0.1, 0.15) is 40.0 Å². The van der Waals surface area contributed by atoms with Gasteiger partial charge in [-0.3, -0.25) is 14.4 Å². The molecule has 1 aromatic carbocycles. The van der Waals surface area contributed by atoms with Gasteiger partial charge in [-0.1, -0.05) is 0 Å². The highest BCUT2D eigenvalue weighted by molar-refractivity contribution is 6.01. The summed E-state index contributed by atoms with van der Waals surface area (Å²) in [5.41, 5.74) is 16.2. The number of hydrogen-bond acceptors (Lipinski definition) is 4. The zero-order valence-corrected chi connectivity index (χ0v) is 11.0. The average Bonchev–Trinajstić information content (AvgIpc) is 2.38. The summed E-state index contributed by atoms with van der Waals surface area (Å²) in [5, 5.41) is 2.60. The third kappa shape index (κ3) is 4.69. The lowest BCUT2D eigenvalue weighted by atomic mass is 10.1. The minimum absolute atomic E-state index is 0.110. The fourth-order valence-electron chi connectivity index (χ4n) is 1.64. The Kier molecular flexibility index (Phi) is 5.67. The molecule has 0 saturated carbocycles. The number of hydrogen-bond donors (Lipinski definition) is 4. The van der Waals surface area contributed by atoms with Crippen LogP contribution in [0, 0.1) is 0 Å². The van der Waals surface area contributed by atoms with Gasteiger partial charge in [0.25, 0.3) is 0 Å². The highest BCUT2D eigenvalue weighted by Crippen LogP contribution is 2.15. The number of anilines is 1. The lowest BCUT2D eigenvalue weighted by molar-refractivity contribution is -0.116. The molecule has 108 valence electrons. The van der Waals surface area contributed by atoms with Crippen LogP contribution in [0.4, 0.5) is 5.69 Å². The summed E-state index contributed by atoms with van der Waals surface area (Å²) in [5.74, 6) is -1.63. The van der Waals surface area contributed by atoms with Crippen molar-refractivity contribution >= 4 is 23.4 Å². The van der Waals surface area contributed by atoms with Crippen LogP contribution in [-0.4, -0.2) is 24.3 Å². The maximum atomic E-state index is 11.7. The highest BCUT2D eigenvalue weighted by atomic mass is 16.2. The van der Waals surface area contributed by atoms with Crippen molar-refractivity contribution in [3.05, 3.63) is 29.3 Å². The van der Waals surface area contributed by atoms with Gasteiger partial charge in [-0.15, -0.1) is 0 Å². The quantitative estimate of drug-likeness (QED) is 0.519. The topological polar surface area (TPSA) is 141 Å². The van der Waals surface area contributed by atoms with Crippen LogP contribution >= 0.6 is 0 Å². The molecule has 0 aliphatic heterocycles. The number of primary amides is 2. The molecule has 7 heteroatoms. The van der Waals surface area contributed by atoms with Crippen LogP contribution < -0.4 is 22.5 Å². The van der Waals surface area contributed by atoms with Gasteiger partial charge in [0, 0.05) is 23.2 Å². The second-order valence-corrected chi connectivity index (χ2v) is 4.32. The number of rotatable bonds is 7. The predicted octanol–water partition coefficient (Wildman–Crippen LogP) is -0.0481. The van der Waals surface area contributed by atoms with E-state index in [0.717, 1.165) is 6.42 Å². The summed E-state index contributed by atoms with van der Waals surface area (Å²) < 4.78 is 0. The van der Waals surface area contributed by atoms with Gasteiger partial charge in [0.1, 0.15) is 0 Å². The van der Waals surface area contributed by atoms with Gasteiger partial charge < -0.3 is 22.5 Å². The van der Waals surface area contributed by atoms with Gasteiger partial charge in [0.05, 0.1) is 0 Å². The van der Waals surface area contributed by atoms with Crippen molar-refractivity contribution in [1.29, 1.82) is 0 Å². The minimum atomic E-state index is -0.702. The first kappa shape index (κ1) is 15.6. The van der Waals surface area contributed by atoms with E-state index in [-0.39, 0.29) is 17.0 Å². The fourth-order valence-corrected chi connectivity index (χ4v) is 1.64. The predicted molar refractivity (Wildman–Crippen MR) is 75.0 cm³/mol. The Bertz CT molecular complexity index is 496. The summed E-state index contributed by atoms with van der Waals surface area (Å²) in [7, 11) is 0. The molecule has 7 nitrogen and oxygen atoms in total. The number of carbonyl (C=O) groups is 3. The number of amides is 3. The van der Waals surface area contributed by atoms with Crippen molar-refractivity contribution in [2.24, 2.45) is 17.2 Å². The summed E-state index contributed by atoms with van der Waals surface area (Å²) in [6.45, 7) is 0.524. The van der Waals surface area contributed by atoms with Crippen LogP contribution in [0.15, 0.2) is 18.2 Å². The number of carbonyl (C=O) groups excluding carboxylic acids is 3. The molecule has 0 atom stereocenters. The first-order valence-corrected chi connectivity index (χ1v) is 6.18. The molecule has 0 radical (unpaired) electrons. The molecule has 0 aromatic heterocycles. The average molecular weight is 278 g/mol. The van der Waals surface area contributed by atoms with Crippen molar-refractivity contribution in [3.8, 4) is 0 Å². The lowest BCUT2D eigenvalue weighted by Crippen LogP contribution is -2.18. The van der Waals surface area contributed by atoms with Crippen LogP contribution in [-0.2, 0) is 4.79 Å². The SMILES string of the molecule is NCCCCC(=O)Nc1cc(C(N)=O)cc(C(N)=O)c1. The van der Waals surface area contributed by atoms with Gasteiger partial charge >= 0.3 is 0 Å². The van der Waals surface area contributed by atoms with Gasteiger partial charge in [-0.25, -0.2) is 0 Å². The molecule has 3 amide bonds. The van der Waals surface area contributed by atoms with Crippen LogP contribution in [0.25, 0.3) is 0 Å². The van der Waals surface area contributed by atoms with Crippen molar-refractivity contribution in [2.45, 2.75) is 19.3 Å². The molecular formula is C13H18N4O3. The summed E-state index contributed by atoms with van der Waals surface area (Å²) in [6, 6.07) is 4.08. The molecule has 0 heterocycles. The second kappa shape index (κ2) is 7.25. The largest absolute Gasteiger partial charge is 0.366 e. The van der Waals surface area contributed by atoms with E-state index in [1.165, 1.54) is 18.2 Å². The van der Waals surface area contributed by atoms with Crippen molar-refractivity contribution in [2.75, 3.05) is 11.9 Å². The molecule has 7 N–H and O–H groups in total. The highest BCUT2D eigenvalue weighted by Gasteiger charge is 2.10. The van der Waals surface area contributed by atoms with Crippen molar-refractivity contribution in [1.82, 2.24) is 0 Å². The monoisotopic (exact) mass is 278 g/mol. The molecule has 0 saturated heterocycles. The molecule has 0 aliphatic carbocycles. The third-order valence-corrected chi connectivity index (χ3v) is 2.64. The molecule has 1 aromatic rings. The van der Waals surface area contributed by atoms with Crippen molar-refractivity contribution in [3.63, 3.8) is 0 Å². The summed E-state index contributed by atoms with van der Waals surface area (Å²) in [6.07, 6.45) is 1.73. The van der Waals surface area contributed by atoms with Crippen LogP contribution in [0.3, 0.4) is 0 Å². The van der Waals surface area contributed by atoms with Gasteiger partial charge in [0.2, 0.25) is 17.7 Å². The van der Waals surface area contributed by atoms with Crippen molar-refractivity contribution < 1.29 is 14.4 Å². The Morgan fingerprint density at radius 3 is 1.95 bits per heavy atom. The number of benzene rings is 1. The van der Waals surface area contributed by atoms with E-state index in [4.69, 9.17) is 17.2 Å². The van der Waals surface area contributed by atoms with E-state index in [0.29, 0.717) is 25.1 Å². The van der Waals surface area contributed by atoms with Gasteiger partial charge in [-0.05, 0) is 37.6 Å². The number of nitrogens with one attached hydrogen (secondary N) is 1. The number of unbranched alkanes of at least 4 members (excludes halogenated alkanes) is 1. The normalized spacial score (nSPS) is 10.1. The lowest BCUT2D eigenvalue weighted by Gasteiger charge is -2.08. The van der Waals surface area contributed by atoms with E-state index in [1.807, 2.05) is 0 Å². The molecule has 0 fully saturated rings. The van der Waals surface area contributed by atoms with Gasteiger partial charge in [0.15, 0.2) is 0 Å². The third-order valence-electron chi connectivity index (χ3n) is 2.64. The Morgan fingerprint density at radius 2 is 1.50 bits per heavy atom. The first-order valence-electron chi connectivity index (χ1n) is 6.18. The van der Waals surface area contributed by atoms with E-state index in [2.05, 4.69) is 5.32 Å². The molecule has 0 spiro atoms. The molecular weight excluding hydrogens is 260 g/mol. The first-order chi connectivity index (χ1) is 9.43. The minimum Gasteiger partial charge on any atom is -0.366 e. The van der Waals surface area contributed by atoms with E-state index in [9.17, 15) is 14.4 Å². The molecule has 0 unspecified atom stereocenters. The Morgan fingerprint density at radius 1 is 0.950 bits per heavy atom. The maximum Gasteiger partial charge on any atom is 0.248 e. The summed E-state index contributed by atoms with van der Waals surface area (Å²) in [4.78, 5) is 34.0. The Hall–Kier alpha value is -2.41. The maximum absolute atomic E-state index is 11.7. The smallest absolute Gasteiger partial charge is 0.248 e. The molecule has 20 heavy (non-hydrogen) atoms. The van der Waals surface area contributed by atoms with E-state index in [1.54, 1.807) is 0 Å². The zero-order chi connectivity index (χ0) is 15.1. The second-order valence-electron chi connectivity index (χ2n) is 4.32. The zero-order valence-electron chi connectivity index (χ0n) is 11.0. The Labute approximate surface area is 116 Å².